The summed E-state index contributed by atoms with van der Waals surface area (Å²) in [5.74, 6) is 0. The van der Waals surface area contributed by atoms with Gasteiger partial charge in [-0.3, -0.25) is 14.4 Å². The predicted molar refractivity (Wildman–Crippen MR) is 59.7 cm³/mol. The van der Waals surface area contributed by atoms with Gasteiger partial charge in [0.1, 0.15) is 5.69 Å². The average molecular weight is 244 g/mol. The summed E-state index contributed by atoms with van der Waals surface area (Å²) in [5, 5.41) is 3.62. The number of rotatable bonds is 4. The Morgan fingerprint density at radius 1 is 1.44 bits per heavy atom. The Labute approximate surface area is 98.9 Å². The minimum absolute atomic E-state index is 0.454. The van der Waals surface area contributed by atoms with Crippen molar-refractivity contribution >= 4 is 16.8 Å². The molecule has 0 amide bonds. The van der Waals surface area contributed by atoms with Crippen LogP contribution in [0.4, 0.5) is 0 Å². The lowest BCUT2D eigenvalue weighted by Crippen LogP contribution is -2.38. The van der Waals surface area contributed by atoms with Crippen molar-refractivity contribution in [2.75, 3.05) is 32.8 Å². The molecule has 88 valence electrons. The third-order valence-electron chi connectivity index (χ3n) is 2.65. The molecule has 16 heavy (non-hydrogen) atoms. The predicted octanol–water partition coefficient (Wildman–Crippen LogP) is 0.594. The first-order valence-corrected chi connectivity index (χ1v) is 5.67. The van der Waals surface area contributed by atoms with Crippen LogP contribution in [0.5, 0.6) is 0 Å². The summed E-state index contributed by atoms with van der Waals surface area (Å²) in [4.78, 5) is 13.3. The fraction of sp³-hybridized carbons (Fsp3) is 0.600. The number of nitrogens with zero attached hydrogens (tertiary/aromatic N) is 3. The number of carbonyl (C=O) groups is 1. The van der Waals surface area contributed by atoms with E-state index in [9.17, 15) is 4.79 Å². The molecule has 1 fully saturated rings. The summed E-state index contributed by atoms with van der Waals surface area (Å²) in [6.45, 7) is 4.97. The molecule has 1 aromatic rings. The largest absolute Gasteiger partial charge is 0.379 e. The van der Waals surface area contributed by atoms with Gasteiger partial charge in [-0.05, 0) is 17.7 Å². The summed E-state index contributed by atoms with van der Waals surface area (Å²) < 4.78 is 6.90. The summed E-state index contributed by atoms with van der Waals surface area (Å²) in [6.07, 6.45) is 1.59. The highest BCUT2D eigenvalue weighted by atomic mass is 35.5. The van der Waals surface area contributed by atoms with Crippen LogP contribution >= 0.6 is 11.6 Å². The van der Waals surface area contributed by atoms with E-state index in [2.05, 4.69) is 10.00 Å². The van der Waals surface area contributed by atoms with Crippen molar-refractivity contribution in [1.29, 1.82) is 0 Å². The van der Waals surface area contributed by atoms with E-state index in [0.29, 0.717) is 12.2 Å². The second kappa shape index (κ2) is 5.43. The first-order valence-electron chi connectivity index (χ1n) is 5.29. The second-order valence-electron chi connectivity index (χ2n) is 3.67. The molecule has 0 aliphatic carbocycles. The van der Waals surface area contributed by atoms with Gasteiger partial charge in [0.25, 0.3) is 5.24 Å². The maximum absolute atomic E-state index is 11.0. The van der Waals surface area contributed by atoms with E-state index in [0.717, 1.165) is 32.8 Å². The van der Waals surface area contributed by atoms with E-state index in [-0.39, 0.29) is 0 Å². The van der Waals surface area contributed by atoms with Crippen molar-refractivity contribution in [2.45, 2.75) is 6.54 Å². The molecule has 0 N–H and O–H groups in total. The molecule has 0 saturated carbocycles. The van der Waals surface area contributed by atoms with Crippen molar-refractivity contribution in [3.05, 3.63) is 18.0 Å². The Kier molecular flexibility index (Phi) is 3.93. The monoisotopic (exact) mass is 243 g/mol. The molecule has 0 aromatic carbocycles. The molecular formula is C10H14ClN3O2. The Balaban J connectivity index is 1.88. The molecule has 0 radical (unpaired) electrons. The highest BCUT2D eigenvalue weighted by Gasteiger charge is 2.13. The van der Waals surface area contributed by atoms with Crippen molar-refractivity contribution < 1.29 is 9.53 Å². The Morgan fingerprint density at radius 3 is 2.88 bits per heavy atom. The topological polar surface area (TPSA) is 47.4 Å². The summed E-state index contributed by atoms with van der Waals surface area (Å²) >= 11 is 5.44. The molecule has 2 rings (SSSR count). The number of hydrogen-bond donors (Lipinski definition) is 0. The third-order valence-corrected chi connectivity index (χ3v) is 2.84. The lowest BCUT2D eigenvalue weighted by Gasteiger charge is -2.26. The van der Waals surface area contributed by atoms with Gasteiger partial charge in [-0.15, -0.1) is 0 Å². The van der Waals surface area contributed by atoms with Crippen molar-refractivity contribution in [2.24, 2.45) is 0 Å². The van der Waals surface area contributed by atoms with Crippen LogP contribution in [0, 0.1) is 0 Å². The fourth-order valence-electron chi connectivity index (χ4n) is 1.74. The lowest BCUT2D eigenvalue weighted by molar-refractivity contribution is 0.0358. The van der Waals surface area contributed by atoms with Gasteiger partial charge in [-0.25, -0.2) is 0 Å². The van der Waals surface area contributed by atoms with E-state index in [4.69, 9.17) is 16.3 Å². The van der Waals surface area contributed by atoms with Crippen LogP contribution in [0.2, 0.25) is 0 Å². The minimum Gasteiger partial charge on any atom is -0.379 e. The van der Waals surface area contributed by atoms with Crippen LogP contribution in [0.3, 0.4) is 0 Å². The van der Waals surface area contributed by atoms with Crippen LogP contribution in [-0.2, 0) is 11.3 Å². The van der Waals surface area contributed by atoms with Gasteiger partial charge in [0.15, 0.2) is 0 Å². The molecule has 1 saturated heterocycles. The first kappa shape index (κ1) is 11.6. The molecular weight excluding hydrogens is 230 g/mol. The van der Waals surface area contributed by atoms with E-state index in [1.807, 2.05) is 0 Å². The normalized spacial score (nSPS) is 17.6. The van der Waals surface area contributed by atoms with Gasteiger partial charge in [0.2, 0.25) is 0 Å². The zero-order valence-electron chi connectivity index (χ0n) is 8.93. The maximum Gasteiger partial charge on any atom is 0.270 e. The number of ether oxygens (including phenoxy) is 1. The van der Waals surface area contributed by atoms with Gasteiger partial charge < -0.3 is 4.74 Å². The Bertz CT molecular complexity index is 361. The molecule has 1 aromatic heterocycles. The fourth-order valence-corrected chi connectivity index (χ4v) is 1.90. The van der Waals surface area contributed by atoms with Gasteiger partial charge in [-0.1, -0.05) is 0 Å². The standard InChI is InChI=1S/C10H14ClN3O2/c11-10(15)9-1-2-12-14(9)4-3-13-5-7-16-8-6-13/h1-2H,3-8H2. The molecule has 0 unspecified atom stereocenters. The number of halogens is 1. The minimum atomic E-state index is -0.459. The lowest BCUT2D eigenvalue weighted by atomic mass is 10.4. The molecule has 5 nitrogen and oxygen atoms in total. The highest BCUT2D eigenvalue weighted by molar-refractivity contribution is 6.67. The van der Waals surface area contributed by atoms with Crippen LogP contribution in [0.15, 0.2) is 12.3 Å². The average Bonchev–Trinajstić information content (AvgIpc) is 2.76. The van der Waals surface area contributed by atoms with Crippen molar-refractivity contribution in [3.63, 3.8) is 0 Å². The van der Waals surface area contributed by atoms with Crippen LogP contribution < -0.4 is 0 Å². The van der Waals surface area contributed by atoms with Gasteiger partial charge in [0.05, 0.1) is 19.8 Å². The third kappa shape index (κ3) is 2.81. The summed E-state index contributed by atoms with van der Waals surface area (Å²) in [6, 6.07) is 1.63. The number of aromatic nitrogens is 2. The molecule has 2 heterocycles. The molecule has 0 bridgehead atoms. The van der Waals surface area contributed by atoms with Crippen molar-refractivity contribution in [1.82, 2.24) is 14.7 Å². The zero-order chi connectivity index (χ0) is 11.4. The maximum atomic E-state index is 11.0. The van der Waals surface area contributed by atoms with Gasteiger partial charge in [0, 0.05) is 25.8 Å². The number of hydrogen-bond acceptors (Lipinski definition) is 4. The second-order valence-corrected chi connectivity index (χ2v) is 4.01. The summed E-state index contributed by atoms with van der Waals surface area (Å²) in [7, 11) is 0. The smallest absolute Gasteiger partial charge is 0.270 e. The van der Waals surface area contributed by atoms with E-state index < -0.39 is 5.24 Å². The zero-order valence-corrected chi connectivity index (χ0v) is 9.69. The van der Waals surface area contributed by atoms with Gasteiger partial charge >= 0.3 is 0 Å². The van der Waals surface area contributed by atoms with Gasteiger partial charge in [-0.2, -0.15) is 5.10 Å². The van der Waals surface area contributed by atoms with Crippen LogP contribution in [-0.4, -0.2) is 52.8 Å². The Hall–Kier alpha value is -0.910. The number of morpholine rings is 1. The van der Waals surface area contributed by atoms with Crippen molar-refractivity contribution in [3.8, 4) is 0 Å². The molecule has 1 aliphatic rings. The van der Waals surface area contributed by atoms with Crippen LogP contribution in [0.25, 0.3) is 0 Å². The van der Waals surface area contributed by atoms with E-state index >= 15 is 0 Å². The van der Waals surface area contributed by atoms with E-state index in [1.54, 1.807) is 16.9 Å². The molecule has 0 spiro atoms. The molecule has 6 heteroatoms. The molecule has 1 aliphatic heterocycles. The first-order chi connectivity index (χ1) is 7.77. The van der Waals surface area contributed by atoms with Crippen LogP contribution in [0.1, 0.15) is 10.5 Å². The SMILES string of the molecule is O=C(Cl)c1ccnn1CCN1CCOCC1. The number of carbonyl (C=O) groups excluding carboxylic acids is 1. The Morgan fingerprint density at radius 2 is 2.19 bits per heavy atom. The quantitative estimate of drug-likeness (QED) is 0.727. The highest BCUT2D eigenvalue weighted by Crippen LogP contribution is 2.04. The van der Waals surface area contributed by atoms with E-state index in [1.165, 1.54) is 0 Å². The summed E-state index contributed by atoms with van der Waals surface area (Å²) in [5.41, 5.74) is 0.454. The molecule has 0 atom stereocenters.